The van der Waals surface area contributed by atoms with Gasteiger partial charge in [0.1, 0.15) is 0 Å². The van der Waals surface area contributed by atoms with Crippen molar-refractivity contribution in [1.29, 1.82) is 0 Å². The van der Waals surface area contributed by atoms with Crippen LogP contribution >= 0.6 is 0 Å². The second-order valence-corrected chi connectivity index (χ2v) is 7.61. The first-order chi connectivity index (χ1) is 13.8. The van der Waals surface area contributed by atoms with E-state index in [-0.39, 0.29) is 17.7 Å². The highest BCUT2D eigenvalue weighted by Crippen LogP contribution is 2.18. The lowest BCUT2D eigenvalue weighted by Gasteiger charge is -2.34. The van der Waals surface area contributed by atoms with E-state index in [1.165, 1.54) is 12.5 Å². The molecular formula is C23H27N3O3. The van der Waals surface area contributed by atoms with Crippen LogP contribution in [0, 0.1) is 0 Å². The Bertz CT molecular complexity index is 898. The van der Waals surface area contributed by atoms with Crippen molar-refractivity contribution in [2.45, 2.75) is 26.7 Å². The first-order valence-corrected chi connectivity index (χ1v) is 9.91. The summed E-state index contributed by atoms with van der Waals surface area (Å²) in [7, 11) is 0. The van der Waals surface area contributed by atoms with Crippen LogP contribution in [0.5, 0.6) is 0 Å². The van der Waals surface area contributed by atoms with Crippen molar-refractivity contribution in [3.05, 3.63) is 65.2 Å². The maximum absolute atomic E-state index is 12.8. The fourth-order valence-corrected chi connectivity index (χ4v) is 3.36. The van der Waals surface area contributed by atoms with E-state index in [0.29, 0.717) is 43.2 Å². The SMILES string of the molecule is CC(=O)N1CCN(C(=O)c2cccc(C(=O)Nc3ccc(C(C)C)cc3)c2)CC1. The summed E-state index contributed by atoms with van der Waals surface area (Å²) in [5.41, 5.74) is 2.84. The van der Waals surface area contributed by atoms with Gasteiger partial charge in [0.2, 0.25) is 5.91 Å². The van der Waals surface area contributed by atoms with Crippen molar-refractivity contribution in [2.75, 3.05) is 31.5 Å². The lowest BCUT2D eigenvalue weighted by molar-refractivity contribution is -0.130. The zero-order valence-electron chi connectivity index (χ0n) is 17.1. The molecule has 1 saturated heterocycles. The highest BCUT2D eigenvalue weighted by Gasteiger charge is 2.23. The molecule has 0 atom stereocenters. The summed E-state index contributed by atoms with van der Waals surface area (Å²) in [6, 6.07) is 14.5. The van der Waals surface area contributed by atoms with E-state index >= 15 is 0 Å². The molecule has 1 aliphatic rings. The summed E-state index contributed by atoms with van der Waals surface area (Å²) in [5, 5.41) is 2.88. The van der Waals surface area contributed by atoms with E-state index in [9.17, 15) is 14.4 Å². The highest BCUT2D eigenvalue weighted by molar-refractivity contribution is 6.06. The molecule has 0 unspecified atom stereocenters. The molecule has 0 aliphatic carbocycles. The number of carbonyl (C=O) groups excluding carboxylic acids is 3. The summed E-state index contributed by atoms with van der Waals surface area (Å²) in [5.74, 6) is 0.0828. The Morgan fingerprint density at radius 2 is 1.45 bits per heavy atom. The van der Waals surface area contributed by atoms with Gasteiger partial charge in [-0.25, -0.2) is 0 Å². The standard InChI is InChI=1S/C23H27N3O3/c1-16(2)18-7-9-21(10-8-18)24-22(28)19-5-4-6-20(15-19)23(29)26-13-11-25(12-14-26)17(3)27/h4-10,15-16H,11-14H2,1-3H3,(H,24,28). The molecular weight excluding hydrogens is 366 g/mol. The van der Waals surface area contributed by atoms with Gasteiger partial charge in [0.15, 0.2) is 0 Å². The van der Waals surface area contributed by atoms with Crippen LogP contribution < -0.4 is 5.32 Å². The molecule has 0 spiro atoms. The van der Waals surface area contributed by atoms with Gasteiger partial charge in [0.05, 0.1) is 0 Å². The molecule has 6 heteroatoms. The molecule has 152 valence electrons. The van der Waals surface area contributed by atoms with E-state index in [4.69, 9.17) is 0 Å². The monoisotopic (exact) mass is 393 g/mol. The van der Waals surface area contributed by atoms with Gasteiger partial charge < -0.3 is 15.1 Å². The summed E-state index contributed by atoms with van der Waals surface area (Å²) >= 11 is 0. The predicted molar refractivity (Wildman–Crippen MR) is 113 cm³/mol. The average Bonchev–Trinajstić information content (AvgIpc) is 2.73. The minimum absolute atomic E-state index is 0.0252. The first kappa shape index (κ1) is 20.6. The molecule has 1 aliphatic heterocycles. The Balaban J connectivity index is 1.66. The zero-order chi connectivity index (χ0) is 21.0. The molecule has 6 nitrogen and oxygen atoms in total. The van der Waals surface area contributed by atoms with Crippen molar-refractivity contribution in [3.8, 4) is 0 Å². The van der Waals surface area contributed by atoms with Crippen LogP contribution in [0.25, 0.3) is 0 Å². The largest absolute Gasteiger partial charge is 0.339 e. The van der Waals surface area contributed by atoms with Gasteiger partial charge >= 0.3 is 0 Å². The van der Waals surface area contributed by atoms with Gasteiger partial charge in [-0.1, -0.05) is 32.0 Å². The summed E-state index contributed by atoms with van der Waals surface area (Å²) in [4.78, 5) is 40.3. The van der Waals surface area contributed by atoms with E-state index in [1.54, 1.807) is 34.1 Å². The second kappa shape index (κ2) is 8.90. The number of carbonyl (C=O) groups is 3. The Hall–Kier alpha value is -3.15. The molecule has 3 rings (SSSR count). The Kier molecular flexibility index (Phi) is 6.32. The number of piperazine rings is 1. The van der Waals surface area contributed by atoms with E-state index < -0.39 is 0 Å². The number of amides is 3. The first-order valence-electron chi connectivity index (χ1n) is 9.91. The van der Waals surface area contributed by atoms with Gasteiger partial charge in [-0.15, -0.1) is 0 Å². The molecule has 0 aromatic heterocycles. The topological polar surface area (TPSA) is 69.7 Å². The highest BCUT2D eigenvalue weighted by atomic mass is 16.2. The van der Waals surface area contributed by atoms with Crippen LogP contribution in [0.2, 0.25) is 0 Å². The molecule has 0 saturated carbocycles. The van der Waals surface area contributed by atoms with Crippen molar-refractivity contribution >= 4 is 23.4 Å². The smallest absolute Gasteiger partial charge is 0.255 e. The number of rotatable bonds is 4. The molecule has 1 N–H and O–H groups in total. The number of hydrogen-bond donors (Lipinski definition) is 1. The van der Waals surface area contributed by atoms with Crippen molar-refractivity contribution in [1.82, 2.24) is 9.80 Å². The maximum Gasteiger partial charge on any atom is 0.255 e. The number of benzene rings is 2. The molecule has 0 radical (unpaired) electrons. The van der Waals surface area contributed by atoms with Crippen molar-refractivity contribution < 1.29 is 14.4 Å². The second-order valence-electron chi connectivity index (χ2n) is 7.61. The molecule has 1 fully saturated rings. The molecule has 2 aromatic carbocycles. The van der Waals surface area contributed by atoms with Crippen molar-refractivity contribution in [3.63, 3.8) is 0 Å². The summed E-state index contributed by atoms with van der Waals surface area (Å²) in [6.45, 7) is 7.84. The summed E-state index contributed by atoms with van der Waals surface area (Å²) < 4.78 is 0. The van der Waals surface area contributed by atoms with Gasteiger partial charge in [0.25, 0.3) is 11.8 Å². The maximum atomic E-state index is 12.8. The third-order valence-corrected chi connectivity index (χ3v) is 5.22. The predicted octanol–water partition coefficient (Wildman–Crippen LogP) is 3.37. The van der Waals surface area contributed by atoms with Crippen LogP contribution in [0.1, 0.15) is 53.0 Å². The van der Waals surface area contributed by atoms with E-state index in [0.717, 1.165) is 5.69 Å². The number of anilines is 1. The van der Waals surface area contributed by atoms with Crippen LogP contribution in [-0.4, -0.2) is 53.7 Å². The Labute approximate surface area is 171 Å². The number of hydrogen-bond acceptors (Lipinski definition) is 3. The van der Waals surface area contributed by atoms with Gasteiger partial charge in [-0.05, 0) is 41.8 Å². The third kappa shape index (κ3) is 5.02. The van der Waals surface area contributed by atoms with Gasteiger partial charge in [-0.3, -0.25) is 14.4 Å². The lowest BCUT2D eigenvalue weighted by Crippen LogP contribution is -2.50. The van der Waals surface area contributed by atoms with Crippen LogP contribution in [0.15, 0.2) is 48.5 Å². The Morgan fingerprint density at radius 1 is 0.862 bits per heavy atom. The van der Waals surface area contributed by atoms with Crippen LogP contribution in [0.3, 0.4) is 0 Å². The van der Waals surface area contributed by atoms with Gasteiger partial charge in [-0.2, -0.15) is 0 Å². The lowest BCUT2D eigenvalue weighted by atomic mass is 10.0. The quantitative estimate of drug-likeness (QED) is 0.866. The molecule has 3 amide bonds. The van der Waals surface area contributed by atoms with Crippen LogP contribution in [-0.2, 0) is 4.79 Å². The third-order valence-electron chi connectivity index (χ3n) is 5.22. The molecule has 1 heterocycles. The van der Waals surface area contributed by atoms with Crippen LogP contribution in [0.4, 0.5) is 5.69 Å². The minimum Gasteiger partial charge on any atom is -0.339 e. The van der Waals surface area contributed by atoms with E-state index in [1.807, 2.05) is 24.3 Å². The molecule has 29 heavy (non-hydrogen) atoms. The van der Waals surface area contributed by atoms with Crippen molar-refractivity contribution in [2.24, 2.45) is 0 Å². The van der Waals surface area contributed by atoms with Gasteiger partial charge in [0, 0.05) is 49.9 Å². The zero-order valence-corrected chi connectivity index (χ0v) is 17.1. The molecule has 2 aromatic rings. The molecule has 0 bridgehead atoms. The normalized spacial score (nSPS) is 14.1. The fraction of sp³-hybridized carbons (Fsp3) is 0.348. The van der Waals surface area contributed by atoms with E-state index in [2.05, 4.69) is 19.2 Å². The fourth-order valence-electron chi connectivity index (χ4n) is 3.36. The Morgan fingerprint density at radius 3 is 2.03 bits per heavy atom. The average molecular weight is 393 g/mol. The number of nitrogens with one attached hydrogen (secondary N) is 1. The number of nitrogens with zero attached hydrogens (tertiary/aromatic N) is 2. The summed E-state index contributed by atoms with van der Waals surface area (Å²) in [6.07, 6.45) is 0. The minimum atomic E-state index is -0.252.